The molecule has 0 aliphatic heterocycles. The van der Waals surface area contributed by atoms with Crippen LogP contribution in [0.25, 0.3) is 0 Å². The first kappa shape index (κ1) is 24.1. The highest BCUT2D eigenvalue weighted by molar-refractivity contribution is 14.0. The SMILES string of the molecule is COc1ccc(CN=C(NCCc2ccco2)NCC(=O)N(C)C)cc1Cl.I. The van der Waals surface area contributed by atoms with Crippen molar-refractivity contribution in [3.8, 4) is 5.75 Å². The van der Waals surface area contributed by atoms with Crippen molar-refractivity contribution < 1.29 is 13.9 Å². The van der Waals surface area contributed by atoms with Crippen molar-refractivity contribution in [3.63, 3.8) is 0 Å². The van der Waals surface area contributed by atoms with Gasteiger partial charge in [-0.25, -0.2) is 4.99 Å². The summed E-state index contributed by atoms with van der Waals surface area (Å²) >= 11 is 6.16. The zero-order valence-electron chi connectivity index (χ0n) is 16.2. The molecule has 1 heterocycles. The van der Waals surface area contributed by atoms with Crippen LogP contribution in [0.3, 0.4) is 0 Å². The Balaban J connectivity index is 0.00000392. The van der Waals surface area contributed by atoms with E-state index < -0.39 is 0 Å². The molecule has 9 heteroatoms. The second kappa shape index (κ2) is 12.5. The number of carbonyl (C=O) groups is 1. The largest absolute Gasteiger partial charge is 0.495 e. The van der Waals surface area contributed by atoms with Crippen LogP contribution in [0, 0.1) is 0 Å². The Morgan fingerprint density at radius 1 is 1.29 bits per heavy atom. The summed E-state index contributed by atoms with van der Waals surface area (Å²) in [6, 6.07) is 9.29. The van der Waals surface area contributed by atoms with Crippen molar-refractivity contribution in [1.82, 2.24) is 15.5 Å². The second-order valence-electron chi connectivity index (χ2n) is 6.03. The molecular weight excluding hydrogens is 495 g/mol. The Morgan fingerprint density at radius 3 is 2.68 bits per heavy atom. The van der Waals surface area contributed by atoms with E-state index in [1.807, 2.05) is 24.3 Å². The Hall–Kier alpha value is -1.94. The Labute approximate surface area is 187 Å². The molecule has 0 radical (unpaired) electrons. The summed E-state index contributed by atoms with van der Waals surface area (Å²) in [4.78, 5) is 17.9. The van der Waals surface area contributed by atoms with Gasteiger partial charge in [-0.3, -0.25) is 4.79 Å². The minimum atomic E-state index is -0.0389. The Kier molecular flexibility index (Phi) is 10.8. The van der Waals surface area contributed by atoms with Gasteiger partial charge >= 0.3 is 0 Å². The predicted molar refractivity (Wildman–Crippen MR) is 122 cm³/mol. The molecule has 0 bridgehead atoms. The fraction of sp³-hybridized carbons (Fsp3) is 0.368. The number of methoxy groups -OCH3 is 1. The van der Waals surface area contributed by atoms with Gasteiger partial charge in [0.2, 0.25) is 5.91 Å². The quantitative estimate of drug-likeness (QED) is 0.318. The zero-order valence-corrected chi connectivity index (χ0v) is 19.3. The smallest absolute Gasteiger partial charge is 0.241 e. The average molecular weight is 521 g/mol. The number of aliphatic imine (C=N–C) groups is 1. The lowest BCUT2D eigenvalue weighted by Crippen LogP contribution is -2.43. The van der Waals surface area contributed by atoms with Gasteiger partial charge in [0.25, 0.3) is 0 Å². The van der Waals surface area contributed by atoms with Crippen LogP contribution in [0.2, 0.25) is 5.02 Å². The lowest BCUT2D eigenvalue weighted by Gasteiger charge is -2.15. The number of nitrogens with one attached hydrogen (secondary N) is 2. The van der Waals surface area contributed by atoms with Crippen LogP contribution in [0.15, 0.2) is 46.0 Å². The van der Waals surface area contributed by atoms with Crippen LogP contribution < -0.4 is 15.4 Å². The summed E-state index contributed by atoms with van der Waals surface area (Å²) in [6.45, 7) is 1.19. The highest BCUT2D eigenvalue weighted by Gasteiger charge is 2.07. The maximum absolute atomic E-state index is 11.8. The molecule has 7 nitrogen and oxygen atoms in total. The van der Waals surface area contributed by atoms with E-state index in [0.29, 0.717) is 36.2 Å². The molecule has 0 fully saturated rings. The first-order chi connectivity index (χ1) is 13.0. The molecule has 0 spiro atoms. The number of benzene rings is 1. The van der Waals surface area contributed by atoms with Crippen molar-refractivity contribution in [1.29, 1.82) is 0 Å². The third-order valence-corrected chi connectivity index (χ3v) is 4.08. The van der Waals surface area contributed by atoms with E-state index in [2.05, 4.69) is 15.6 Å². The van der Waals surface area contributed by atoms with Gasteiger partial charge in [0.15, 0.2) is 5.96 Å². The third-order valence-electron chi connectivity index (χ3n) is 3.79. The monoisotopic (exact) mass is 520 g/mol. The topological polar surface area (TPSA) is 79.1 Å². The number of nitrogens with zero attached hydrogens (tertiary/aromatic N) is 2. The first-order valence-electron chi connectivity index (χ1n) is 8.56. The molecule has 0 aliphatic rings. The van der Waals surface area contributed by atoms with Crippen LogP contribution in [-0.4, -0.2) is 51.1 Å². The maximum Gasteiger partial charge on any atom is 0.241 e. The molecule has 1 aromatic carbocycles. The number of ether oxygens (including phenoxy) is 1. The number of likely N-dealkylation sites (N-methyl/N-ethyl adjacent to an activating group) is 1. The van der Waals surface area contributed by atoms with E-state index in [9.17, 15) is 4.79 Å². The number of amides is 1. The van der Waals surface area contributed by atoms with Crippen LogP contribution in [0.1, 0.15) is 11.3 Å². The molecule has 2 aromatic rings. The molecule has 1 amide bonds. The van der Waals surface area contributed by atoms with Crippen molar-refractivity contribution in [2.45, 2.75) is 13.0 Å². The van der Waals surface area contributed by atoms with E-state index in [-0.39, 0.29) is 36.4 Å². The average Bonchev–Trinajstić information content (AvgIpc) is 3.16. The molecule has 2 rings (SSSR count). The third kappa shape index (κ3) is 7.97. The predicted octanol–water partition coefficient (Wildman–Crippen LogP) is 2.93. The normalized spacial score (nSPS) is 10.8. The van der Waals surface area contributed by atoms with Gasteiger partial charge in [-0.1, -0.05) is 17.7 Å². The standard InChI is InChI=1S/C19H25ClN4O3.HI/c1-24(2)18(25)13-23-19(21-9-8-15-5-4-10-27-15)22-12-14-6-7-17(26-3)16(20)11-14;/h4-7,10-11H,8-9,12-13H2,1-3H3,(H2,21,22,23);1H. The summed E-state index contributed by atoms with van der Waals surface area (Å²) in [7, 11) is 5.00. The van der Waals surface area contributed by atoms with Gasteiger partial charge in [-0.05, 0) is 29.8 Å². The van der Waals surface area contributed by atoms with Crippen molar-refractivity contribution in [2.24, 2.45) is 4.99 Å². The second-order valence-corrected chi connectivity index (χ2v) is 6.44. The molecule has 0 saturated carbocycles. The van der Waals surface area contributed by atoms with Gasteiger partial charge in [-0.2, -0.15) is 0 Å². The highest BCUT2D eigenvalue weighted by atomic mass is 127. The first-order valence-corrected chi connectivity index (χ1v) is 8.94. The van der Waals surface area contributed by atoms with Gasteiger partial charge in [0.1, 0.15) is 11.5 Å². The van der Waals surface area contributed by atoms with Gasteiger partial charge in [0.05, 0.1) is 31.5 Å². The van der Waals surface area contributed by atoms with Crippen molar-refractivity contribution in [2.75, 3.05) is 34.3 Å². The molecule has 1 aromatic heterocycles. The molecule has 0 unspecified atom stereocenters. The van der Waals surface area contributed by atoms with E-state index >= 15 is 0 Å². The number of carbonyl (C=O) groups excluding carboxylic acids is 1. The van der Waals surface area contributed by atoms with E-state index in [1.54, 1.807) is 33.5 Å². The van der Waals surface area contributed by atoms with Gasteiger partial charge in [0, 0.05) is 27.1 Å². The van der Waals surface area contributed by atoms with E-state index in [0.717, 1.165) is 11.3 Å². The van der Waals surface area contributed by atoms with Crippen LogP contribution >= 0.6 is 35.6 Å². The van der Waals surface area contributed by atoms with Gasteiger partial charge < -0.3 is 24.7 Å². The molecule has 154 valence electrons. The molecule has 0 aliphatic carbocycles. The number of hydrogen-bond donors (Lipinski definition) is 2. The Morgan fingerprint density at radius 2 is 2.07 bits per heavy atom. The summed E-state index contributed by atoms with van der Waals surface area (Å²) in [5.41, 5.74) is 0.937. The number of halogens is 2. The fourth-order valence-corrected chi connectivity index (χ4v) is 2.51. The summed E-state index contributed by atoms with van der Waals surface area (Å²) in [5, 5.41) is 6.79. The summed E-state index contributed by atoms with van der Waals surface area (Å²) < 4.78 is 10.5. The van der Waals surface area contributed by atoms with Gasteiger partial charge in [-0.15, -0.1) is 24.0 Å². The number of hydrogen-bond acceptors (Lipinski definition) is 4. The number of furan rings is 1. The minimum Gasteiger partial charge on any atom is -0.495 e. The minimum absolute atomic E-state index is 0. The molecular formula is C19H26ClIN4O3. The number of guanidine groups is 1. The Bertz CT molecular complexity index is 767. The van der Waals surface area contributed by atoms with Crippen molar-refractivity contribution >= 4 is 47.4 Å². The van der Waals surface area contributed by atoms with Crippen molar-refractivity contribution in [3.05, 3.63) is 52.9 Å². The molecule has 0 saturated heterocycles. The zero-order chi connectivity index (χ0) is 19.6. The molecule has 0 atom stereocenters. The van der Waals surface area contributed by atoms with E-state index in [1.165, 1.54) is 4.90 Å². The number of rotatable bonds is 8. The van der Waals surface area contributed by atoms with Crippen LogP contribution in [-0.2, 0) is 17.8 Å². The lowest BCUT2D eigenvalue weighted by molar-refractivity contribution is -0.127. The van der Waals surface area contributed by atoms with Crippen LogP contribution in [0.5, 0.6) is 5.75 Å². The molecule has 2 N–H and O–H groups in total. The maximum atomic E-state index is 11.8. The van der Waals surface area contributed by atoms with E-state index in [4.69, 9.17) is 20.8 Å². The van der Waals surface area contributed by atoms with Crippen LogP contribution in [0.4, 0.5) is 0 Å². The fourth-order valence-electron chi connectivity index (χ4n) is 2.23. The lowest BCUT2D eigenvalue weighted by atomic mass is 10.2. The highest BCUT2D eigenvalue weighted by Crippen LogP contribution is 2.25. The summed E-state index contributed by atoms with van der Waals surface area (Å²) in [6.07, 6.45) is 2.36. The molecule has 28 heavy (non-hydrogen) atoms. The summed E-state index contributed by atoms with van der Waals surface area (Å²) in [5.74, 6) is 2.01.